The van der Waals surface area contributed by atoms with Crippen LogP contribution in [0, 0.1) is 0 Å². The molecule has 0 aromatic carbocycles. The molecule has 0 saturated carbocycles. The summed E-state index contributed by atoms with van der Waals surface area (Å²) in [5.41, 5.74) is -2.38. The van der Waals surface area contributed by atoms with E-state index in [1.807, 2.05) is 0 Å². The van der Waals surface area contributed by atoms with Gasteiger partial charge in [0.2, 0.25) is 0 Å². The summed E-state index contributed by atoms with van der Waals surface area (Å²) >= 11 is 2.88. The number of rotatable bonds is 3. The molecule has 0 radical (unpaired) electrons. The number of methoxy groups -OCH3 is 1. The van der Waals surface area contributed by atoms with E-state index in [1.54, 1.807) is 0 Å². The number of hydrogen-bond donors (Lipinski definition) is 0. The normalized spacial score (nSPS) is 12.0. The molecule has 0 aliphatic heterocycles. The third-order valence-electron chi connectivity index (χ3n) is 1.92. The molecule has 2 nitrogen and oxygen atoms in total. The number of pyridine rings is 1. The Bertz CT molecular complexity index is 407. The van der Waals surface area contributed by atoms with Gasteiger partial charge in [0.15, 0.2) is 5.75 Å². The summed E-state index contributed by atoms with van der Waals surface area (Å²) in [5.74, 6) is -0.543. The van der Waals surface area contributed by atoms with Gasteiger partial charge in [0.1, 0.15) is 11.3 Å². The van der Waals surface area contributed by atoms with Gasteiger partial charge in [0.25, 0.3) is 6.43 Å². The van der Waals surface area contributed by atoms with Crippen LogP contribution < -0.4 is 4.74 Å². The molecular formula is C9H7BrF5NO. The van der Waals surface area contributed by atoms with Crippen molar-refractivity contribution in [1.29, 1.82) is 0 Å². The van der Waals surface area contributed by atoms with Crippen molar-refractivity contribution in [2.45, 2.75) is 17.9 Å². The fourth-order valence-electron chi connectivity index (χ4n) is 1.25. The number of hydrogen-bond acceptors (Lipinski definition) is 2. The lowest BCUT2D eigenvalue weighted by Crippen LogP contribution is -2.12. The highest BCUT2D eigenvalue weighted by Gasteiger charge is 2.37. The summed E-state index contributed by atoms with van der Waals surface area (Å²) in [4.78, 5) is 3.41. The molecule has 96 valence electrons. The van der Waals surface area contributed by atoms with Crippen molar-refractivity contribution in [3.8, 4) is 5.75 Å². The van der Waals surface area contributed by atoms with Gasteiger partial charge in [-0.3, -0.25) is 0 Å². The second kappa shape index (κ2) is 5.16. The smallest absolute Gasteiger partial charge is 0.420 e. The van der Waals surface area contributed by atoms with Crippen molar-refractivity contribution in [1.82, 2.24) is 4.98 Å². The highest BCUT2D eigenvalue weighted by atomic mass is 79.9. The van der Waals surface area contributed by atoms with E-state index in [2.05, 4.69) is 25.7 Å². The number of alkyl halides is 6. The Hall–Kier alpha value is -0.920. The molecule has 0 unspecified atom stereocenters. The second-order valence-corrected chi connectivity index (χ2v) is 3.57. The monoisotopic (exact) mass is 319 g/mol. The van der Waals surface area contributed by atoms with Crippen molar-refractivity contribution >= 4 is 15.9 Å². The summed E-state index contributed by atoms with van der Waals surface area (Å²) in [5, 5.41) is -0.111. The average Bonchev–Trinajstić information content (AvgIpc) is 2.25. The molecule has 0 bridgehead atoms. The average molecular weight is 320 g/mol. The molecule has 0 N–H and O–H groups in total. The number of nitrogens with zero attached hydrogens (tertiary/aromatic N) is 1. The zero-order valence-corrected chi connectivity index (χ0v) is 10.1. The van der Waals surface area contributed by atoms with E-state index in [-0.39, 0.29) is 11.0 Å². The summed E-state index contributed by atoms with van der Waals surface area (Å²) < 4.78 is 67.3. The minimum Gasteiger partial charge on any atom is -0.494 e. The fraction of sp³-hybridized carbons (Fsp3) is 0.444. The SMILES string of the molecule is COc1c(C(F)(F)F)cc(C(F)F)nc1CBr. The van der Waals surface area contributed by atoms with Crippen LogP contribution in [0.25, 0.3) is 0 Å². The van der Waals surface area contributed by atoms with E-state index in [0.29, 0.717) is 6.07 Å². The standard InChI is InChI=1S/C9H7BrF5NO/c1-17-7-4(9(13,14)15)2-5(8(11)12)16-6(7)3-10/h2,8H,3H2,1H3. The number of halogens is 6. The molecule has 0 atom stereocenters. The van der Waals surface area contributed by atoms with Crippen LogP contribution in [-0.4, -0.2) is 12.1 Å². The van der Waals surface area contributed by atoms with Crippen molar-refractivity contribution < 1.29 is 26.7 Å². The molecule has 8 heteroatoms. The zero-order chi connectivity index (χ0) is 13.2. The molecule has 0 amide bonds. The summed E-state index contributed by atoms with van der Waals surface area (Å²) in [7, 11) is 1.03. The van der Waals surface area contributed by atoms with Crippen LogP contribution in [0.4, 0.5) is 22.0 Å². The first-order valence-electron chi connectivity index (χ1n) is 4.30. The lowest BCUT2D eigenvalue weighted by Gasteiger charge is -2.15. The Morgan fingerprint density at radius 1 is 1.41 bits per heavy atom. The molecule has 0 aliphatic carbocycles. The summed E-state index contributed by atoms with van der Waals surface area (Å²) in [6.45, 7) is 0. The summed E-state index contributed by atoms with van der Waals surface area (Å²) in [6.07, 6.45) is -7.84. The highest BCUT2D eigenvalue weighted by molar-refractivity contribution is 9.08. The van der Waals surface area contributed by atoms with Crippen LogP contribution >= 0.6 is 15.9 Å². The van der Waals surface area contributed by atoms with Crippen LogP contribution in [0.15, 0.2) is 6.07 Å². The van der Waals surface area contributed by atoms with Gasteiger partial charge in [0.05, 0.1) is 12.8 Å². The number of ether oxygens (including phenoxy) is 1. The van der Waals surface area contributed by atoms with Crippen LogP contribution in [0.2, 0.25) is 0 Å². The van der Waals surface area contributed by atoms with E-state index >= 15 is 0 Å². The Labute approximate surface area is 102 Å². The van der Waals surface area contributed by atoms with Gasteiger partial charge in [-0.2, -0.15) is 13.2 Å². The third kappa shape index (κ3) is 3.05. The van der Waals surface area contributed by atoms with E-state index in [1.165, 1.54) is 0 Å². The highest BCUT2D eigenvalue weighted by Crippen LogP contribution is 2.39. The molecule has 1 heterocycles. The van der Waals surface area contributed by atoms with Gasteiger partial charge in [-0.15, -0.1) is 0 Å². The third-order valence-corrected chi connectivity index (χ3v) is 2.45. The topological polar surface area (TPSA) is 22.1 Å². The Morgan fingerprint density at radius 3 is 2.35 bits per heavy atom. The molecule has 0 spiro atoms. The van der Waals surface area contributed by atoms with Gasteiger partial charge in [-0.05, 0) is 6.07 Å². The molecule has 0 fully saturated rings. The van der Waals surface area contributed by atoms with E-state index in [4.69, 9.17) is 0 Å². The Balaban J connectivity index is 3.48. The van der Waals surface area contributed by atoms with Gasteiger partial charge in [-0.25, -0.2) is 13.8 Å². The van der Waals surface area contributed by atoms with Crippen molar-refractivity contribution in [3.63, 3.8) is 0 Å². The molecule has 17 heavy (non-hydrogen) atoms. The van der Waals surface area contributed by atoms with E-state index < -0.39 is 29.6 Å². The molecule has 0 saturated heterocycles. The Morgan fingerprint density at radius 2 is 2.00 bits per heavy atom. The van der Waals surface area contributed by atoms with Crippen molar-refractivity contribution in [2.75, 3.05) is 7.11 Å². The van der Waals surface area contributed by atoms with Gasteiger partial charge in [-0.1, -0.05) is 15.9 Å². The minimum absolute atomic E-state index is 0.111. The molecule has 1 rings (SSSR count). The van der Waals surface area contributed by atoms with Crippen LogP contribution in [0.5, 0.6) is 5.75 Å². The molecular weight excluding hydrogens is 313 g/mol. The fourth-order valence-corrected chi connectivity index (χ4v) is 1.63. The van der Waals surface area contributed by atoms with Gasteiger partial charge < -0.3 is 4.74 Å². The van der Waals surface area contributed by atoms with Crippen LogP contribution in [0.1, 0.15) is 23.4 Å². The quantitative estimate of drug-likeness (QED) is 0.622. The Kier molecular flexibility index (Phi) is 4.29. The van der Waals surface area contributed by atoms with Crippen molar-refractivity contribution in [2.24, 2.45) is 0 Å². The molecule has 1 aromatic heterocycles. The largest absolute Gasteiger partial charge is 0.494 e. The number of aromatic nitrogens is 1. The molecule has 0 aliphatic rings. The zero-order valence-electron chi connectivity index (χ0n) is 8.49. The predicted molar refractivity (Wildman–Crippen MR) is 53.4 cm³/mol. The van der Waals surface area contributed by atoms with Crippen LogP contribution in [-0.2, 0) is 11.5 Å². The first-order valence-corrected chi connectivity index (χ1v) is 5.42. The van der Waals surface area contributed by atoms with Crippen molar-refractivity contribution in [3.05, 3.63) is 23.0 Å². The molecule has 1 aromatic rings. The first kappa shape index (κ1) is 14.1. The van der Waals surface area contributed by atoms with E-state index in [9.17, 15) is 22.0 Å². The second-order valence-electron chi connectivity index (χ2n) is 3.01. The lowest BCUT2D eigenvalue weighted by molar-refractivity contribution is -0.139. The van der Waals surface area contributed by atoms with Crippen LogP contribution in [0.3, 0.4) is 0 Å². The van der Waals surface area contributed by atoms with Gasteiger partial charge in [0, 0.05) is 5.33 Å². The van der Waals surface area contributed by atoms with Gasteiger partial charge >= 0.3 is 6.18 Å². The lowest BCUT2D eigenvalue weighted by atomic mass is 10.1. The first-order chi connectivity index (χ1) is 7.81. The maximum absolute atomic E-state index is 12.6. The maximum Gasteiger partial charge on any atom is 0.420 e. The minimum atomic E-state index is -4.77. The van der Waals surface area contributed by atoms with E-state index in [0.717, 1.165) is 7.11 Å². The predicted octanol–water partition coefficient (Wildman–Crippen LogP) is 3.94. The summed E-state index contributed by atoms with van der Waals surface area (Å²) in [6, 6.07) is 0.301. The maximum atomic E-state index is 12.6.